The minimum atomic E-state index is 0.271. The van der Waals surface area contributed by atoms with Crippen LogP contribution in [-0.2, 0) is 71.8 Å². The van der Waals surface area contributed by atoms with Crippen LogP contribution in [-0.4, -0.2) is 70.0 Å². The topological polar surface area (TPSA) is 217 Å². The highest BCUT2D eigenvalue weighted by Gasteiger charge is 2.13. The van der Waals surface area contributed by atoms with Crippen LogP contribution in [0.15, 0.2) is 243 Å². The van der Waals surface area contributed by atoms with Gasteiger partial charge in [0.2, 0.25) is 0 Å². The van der Waals surface area contributed by atoms with E-state index in [1.807, 2.05) is 231 Å². The Labute approximate surface area is 519 Å². The van der Waals surface area contributed by atoms with Crippen LogP contribution in [0.3, 0.4) is 0 Å². The second-order valence-electron chi connectivity index (χ2n) is 20.7. The molecule has 0 saturated heterocycles. The Balaban J connectivity index is 0.549. The van der Waals surface area contributed by atoms with Crippen LogP contribution in [0.1, 0.15) is 45.3 Å². The average molecular weight is 1180 g/mol. The molecule has 13 heterocycles. The quantitative estimate of drug-likeness (QED) is 0.0549. The predicted molar refractivity (Wildman–Crippen MR) is 339 cm³/mol. The molecule has 0 fully saturated rings. The molecule has 90 heavy (non-hydrogen) atoms. The third-order valence-corrected chi connectivity index (χ3v) is 14.1. The van der Waals surface area contributed by atoms with Gasteiger partial charge in [-0.2, -0.15) is 0 Å². The van der Waals surface area contributed by atoms with Crippen LogP contribution in [0, 0.1) is 0 Å². The highest BCUT2D eigenvalue weighted by molar-refractivity contribution is 5.64. The van der Waals surface area contributed by atoms with Gasteiger partial charge in [0.05, 0.1) is 167 Å². The van der Waals surface area contributed by atoms with Crippen LogP contribution < -0.4 is 0 Å². The van der Waals surface area contributed by atoms with Gasteiger partial charge in [-0.15, -0.1) is 10.2 Å². The molecule has 13 aromatic rings. The summed E-state index contributed by atoms with van der Waals surface area (Å²) in [5.41, 5.74) is 18.3. The summed E-state index contributed by atoms with van der Waals surface area (Å²) in [6.07, 6.45) is 7.15. The number of ether oxygens (including phenoxy) is 4. The van der Waals surface area contributed by atoms with Gasteiger partial charge in [-0.05, 0) is 157 Å². The lowest BCUT2D eigenvalue weighted by molar-refractivity contribution is 0.102. The molecule has 0 unspecified atom stereocenters. The fraction of sp³-hybridized carbons (Fsp3) is 0.111. The molecule has 0 aromatic carbocycles. The zero-order valence-electron chi connectivity index (χ0n) is 48.6. The lowest BCUT2D eigenvalue weighted by Crippen LogP contribution is -2.02. The van der Waals surface area contributed by atoms with E-state index in [4.69, 9.17) is 58.8 Å². The minimum absolute atomic E-state index is 0.271. The molecule has 0 radical (unpaired) electrons. The molecule has 0 aliphatic carbocycles. The molecular formula is C72H56N14O4. The third kappa shape index (κ3) is 15.1. The maximum Gasteiger partial charge on any atom is 0.111 e. The molecule has 0 aliphatic heterocycles. The van der Waals surface area contributed by atoms with Crippen molar-refractivity contribution in [3.05, 3.63) is 288 Å². The normalized spacial score (nSPS) is 11.2. The SMILES string of the molecule is c1ccc(-c2cccc(-c3ccc(COCc4cccc(-c5cccc(COCc6cccc(-c7ccc(-c8cccc(COCc9cccc(-c%10cccc(COCc%11ccc(-c%12cccc(-c%13ccccn%13)n%12)nc%11)n%10)n9)n8)nn7)n6)n5)n4)cn3)n2)nc1. The first kappa shape index (κ1) is 57.8. The fourth-order valence-corrected chi connectivity index (χ4v) is 9.68. The van der Waals surface area contributed by atoms with E-state index >= 15 is 0 Å². The van der Waals surface area contributed by atoms with E-state index < -0.39 is 0 Å². The van der Waals surface area contributed by atoms with Crippen LogP contribution in [0.5, 0.6) is 0 Å². The maximum atomic E-state index is 6.13. The van der Waals surface area contributed by atoms with E-state index in [2.05, 4.69) is 30.1 Å². The summed E-state index contributed by atoms with van der Waals surface area (Å²) in [5, 5.41) is 9.06. The predicted octanol–water partition coefficient (Wildman–Crippen LogP) is 13.4. The molecule has 0 atom stereocenters. The van der Waals surface area contributed by atoms with E-state index in [9.17, 15) is 0 Å². The Kier molecular flexibility index (Phi) is 18.3. The van der Waals surface area contributed by atoms with Gasteiger partial charge in [0.25, 0.3) is 0 Å². The van der Waals surface area contributed by atoms with Crippen LogP contribution in [0.25, 0.3) is 91.1 Å². The van der Waals surface area contributed by atoms with Gasteiger partial charge in [0, 0.05) is 24.8 Å². The Bertz CT molecular complexity index is 4220. The van der Waals surface area contributed by atoms with Crippen molar-refractivity contribution in [3.63, 3.8) is 0 Å². The maximum absolute atomic E-state index is 6.13. The summed E-state index contributed by atoms with van der Waals surface area (Å²) >= 11 is 0. The highest BCUT2D eigenvalue weighted by atomic mass is 16.5. The number of aromatic nitrogens is 14. The zero-order valence-corrected chi connectivity index (χ0v) is 48.6. The highest BCUT2D eigenvalue weighted by Crippen LogP contribution is 2.25. The Morgan fingerprint density at radius 3 is 0.700 bits per heavy atom. The molecule has 0 aliphatic rings. The van der Waals surface area contributed by atoms with E-state index in [1.165, 1.54) is 0 Å². The lowest BCUT2D eigenvalue weighted by Gasteiger charge is -2.09. The van der Waals surface area contributed by atoms with Crippen molar-refractivity contribution in [1.29, 1.82) is 0 Å². The van der Waals surface area contributed by atoms with E-state index in [1.54, 1.807) is 12.4 Å². The minimum Gasteiger partial charge on any atom is -0.370 e. The number of hydrogen-bond acceptors (Lipinski definition) is 18. The van der Waals surface area contributed by atoms with Crippen LogP contribution in [0.2, 0.25) is 0 Å². The summed E-state index contributed by atoms with van der Waals surface area (Å²) < 4.78 is 24.4. The first-order chi connectivity index (χ1) is 44.5. The van der Waals surface area contributed by atoms with Crippen LogP contribution >= 0.6 is 0 Å². The lowest BCUT2D eigenvalue weighted by atomic mass is 10.2. The van der Waals surface area contributed by atoms with Crippen molar-refractivity contribution in [2.75, 3.05) is 0 Å². The summed E-state index contributed by atoms with van der Waals surface area (Å²) in [6.45, 7) is 2.51. The summed E-state index contributed by atoms with van der Waals surface area (Å²) in [4.78, 5) is 56.8. The average Bonchev–Trinajstić information content (AvgIpc) is 3.79. The number of pyridine rings is 12. The smallest absolute Gasteiger partial charge is 0.111 e. The molecule has 0 bridgehead atoms. The molecule has 18 heteroatoms. The summed E-state index contributed by atoms with van der Waals surface area (Å²) in [5.74, 6) is 0. The number of rotatable bonds is 24. The molecule has 18 nitrogen and oxygen atoms in total. The van der Waals surface area contributed by atoms with Crippen molar-refractivity contribution in [3.8, 4) is 91.1 Å². The molecule has 0 amide bonds. The molecular weight excluding hydrogens is 1120 g/mol. The van der Waals surface area contributed by atoms with Crippen molar-refractivity contribution in [2.45, 2.75) is 52.9 Å². The Morgan fingerprint density at radius 1 is 0.189 bits per heavy atom. The molecule has 13 rings (SSSR count). The Morgan fingerprint density at radius 2 is 0.433 bits per heavy atom. The number of nitrogens with zero attached hydrogens (tertiary/aromatic N) is 14. The van der Waals surface area contributed by atoms with E-state index in [0.717, 1.165) is 114 Å². The second kappa shape index (κ2) is 28.5. The van der Waals surface area contributed by atoms with Crippen molar-refractivity contribution < 1.29 is 18.9 Å². The number of hydrogen-bond donors (Lipinski definition) is 0. The van der Waals surface area contributed by atoms with Gasteiger partial charge >= 0.3 is 0 Å². The Hall–Kier alpha value is -11.3. The largest absolute Gasteiger partial charge is 0.370 e. The van der Waals surface area contributed by atoms with Crippen molar-refractivity contribution in [2.24, 2.45) is 0 Å². The van der Waals surface area contributed by atoms with Gasteiger partial charge in [-0.3, -0.25) is 19.9 Å². The summed E-state index contributed by atoms with van der Waals surface area (Å²) in [7, 11) is 0. The van der Waals surface area contributed by atoms with Crippen LogP contribution in [0.4, 0.5) is 0 Å². The van der Waals surface area contributed by atoms with Gasteiger partial charge in [-0.25, -0.2) is 39.9 Å². The molecule has 438 valence electrons. The first-order valence-electron chi connectivity index (χ1n) is 29.1. The molecule has 13 aromatic heterocycles. The fourth-order valence-electron chi connectivity index (χ4n) is 9.68. The van der Waals surface area contributed by atoms with Gasteiger partial charge in [-0.1, -0.05) is 72.8 Å². The molecule has 0 N–H and O–H groups in total. The standard InChI is InChI=1S/C72H56N14O4/c1-3-37-73-57(19-1)61-27-11-29-63(83-61)59-33-31-49(39-75-59)41-87-43-51-13-5-21-65(77-51)67-23-7-15-53(79-67)45-89-47-55-17-9-25-69(81-55)71-35-36-72(86-85-71)70-26-10-18-56(82-70)48-90-46-54-16-8-24-68(80-54)66-22-6-14-52(78-66)44-88-42-50-32-34-60(76-40-50)64-30-12-28-62(84-64)58-20-2-4-38-74-58/h1-40H,41-48H2. The van der Waals surface area contributed by atoms with Gasteiger partial charge in [0.1, 0.15) is 11.4 Å². The van der Waals surface area contributed by atoms with Crippen molar-refractivity contribution >= 4 is 0 Å². The zero-order chi connectivity index (χ0) is 60.5. The van der Waals surface area contributed by atoms with E-state index in [-0.39, 0.29) is 26.4 Å². The monoisotopic (exact) mass is 1180 g/mol. The van der Waals surface area contributed by atoms with Gasteiger partial charge in [0.15, 0.2) is 0 Å². The van der Waals surface area contributed by atoms with Crippen molar-refractivity contribution in [1.82, 2.24) is 70.0 Å². The molecule has 0 spiro atoms. The second-order valence-corrected chi connectivity index (χ2v) is 20.7. The first-order valence-corrected chi connectivity index (χ1v) is 29.1. The van der Waals surface area contributed by atoms with Gasteiger partial charge < -0.3 is 18.9 Å². The van der Waals surface area contributed by atoms with E-state index in [0.29, 0.717) is 49.2 Å². The third-order valence-electron chi connectivity index (χ3n) is 14.1. The molecule has 0 saturated carbocycles. The summed E-state index contributed by atoms with van der Waals surface area (Å²) in [6, 6.07) is 69.8.